The van der Waals surface area contributed by atoms with Crippen molar-refractivity contribution < 1.29 is 23.5 Å². The standard InChI is InChI=1S/C17H17FN2O4/c1-23-10-12-5-4-6-13(9-12)17(22)20-19-16(21)11-24-15-8-3-2-7-14(15)18/h2-9H,10-11H2,1H3,(H,19,21)(H,20,22). The SMILES string of the molecule is COCc1cccc(C(=O)NNC(=O)COc2ccccc2F)c1. The first kappa shape index (κ1) is 17.4. The smallest absolute Gasteiger partial charge is 0.276 e. The number of carbonyl (C=O) groups is 2. The second kappa shape index (κ2) is 8.64. The molecule has 0 aliphatic rings. The molecule has 0 radical (unpaired) electrons. The van der Waals surface area contributed by atoms with Crippen LogP contribution in [0.2, 0.25) is 0 Å². The van der Waals surface area contributed by atoms with Crippen molar-refractivity contribution in [1.82, 2.24) is 10.9 Å². The summed E-state index contributed by atoms with van der Waals surface area (Å²) in [7, 11) is 1.56. The van der Waals surface area contributed by atoms with Gasteiger partial charge in [-0.1, -0.05) is 24.3 Å². The van der Waals surface area contributed by atoms with E-state index in [0.29, 0.717) is 12.2 Å². The number of nitrogens with one attached hydrogen (secondary N) is 2. The number of rotatable bonds is 6. The Bertz CT molecular complexity index is 721. The number of para-hydroxylation sites is 1. The first-order valence-electron chi connectivity index (χ1n) is 7.14. The lowest BCUT2D eigenvalue weighted by Gasteiger charge is -2.10. The van der Waals surface area contributed by atoms with E-state index >= 15 is 0 Å². The number of benzene rings is 2. The van der Waals surface area contributed by atoms with Gasteiger partial charge in [0.2, 0.25) is 0 Å². The average Bonchev–Trinajstić information content (AvgIpc) is 2.59. The van der Waals surface area contributed by atoms with Gasteiger partial charge in [0.15, 0.2) is 18.2 Å². The molecule has 2 N–H and O–H groups in total. The van der Waals surface area contributed by atoms with Crippen molar-refractivity contribution in [2.45, 2.75) is 6.61 Å². The van der Waals surface area contributed by atoms with E-state index in [2.05, 4.69) is 10.9 Å². The summed E-state index contributed by atoms with van der Waals surface area (Å²) in [6, 6.07) is 12.5. The predicted molar refractivity (Wildman–Crippen MR) is 84.7 cm³/mol. The summed E-state index contributed by atoms with van der Waals surface area (Å²) >= 11 is 0. The molecule has 2 amide bonds. The molecule has 0 heterocycles. The van der Waals surface area contributed by atoms with Gasteiger partial charge in [-0.05, 0) is 29.8 Å². The number of carbonyl (C=O) groups excluding carboxylic acids is 2. The van der Waals surface area contributed by atoms with E-state index in [-0.39, 0.29) is 5.75 Å². The van der Waals surface area contributed by atoms with Gasteiger partial charge in [-0.2, -0.15) is 0 Å². The van der Waals surface area contributed by atoms with Gasteiger partial charge >= 0.3 is 0 Å². The summed E-state index contributed by atoms with van der Waals surface area (Å²) < 4.78 is 23.4. The van der Waals surface area contributed by atoms with Gasteiger partial charge in [0, 0.05) is 12.7 Å². The van der Waals surface area contributed by atoms with E-state index < -0.39 is 24.2 Å². The molecule has 126 valence electrons. The Labute approximate surface area is 138 Å². The van der Waals surface area contributed by atoms with Gasteiger partial charge in [-0.3, -0.25) is 20.4 Å². The molecule has 2 aromatic rings. The van der Waals surface area contributed by atoms with Crippen LogP contribution < -0.4 is 15.6 Å². The number of hydrogen-bond acceptors (Lipinski definition) is 4. The molecule has 2 rings (SSSR count). The summed E-state index contributed by atoms with van der Waals surface area (Å²) in [5.41, 5.74) is 5.68. The zero-order chi connectivity index (χ0) is 17.4. The van der Waals surface area contributed by atoms with Crippen molar-refractivity contribution in [3.05, 3.63) is 65.5 Å². The summed E-state index contributed by atoms with van der Waals surface area (Å²) in [5.74, 6) is -1.69. The summed E-state index contributed by atoms with van der Waals surface area (Å²) in [4.78, 5) is 23.6. The first-order chi connectivity index (χ1) is 11.6. The molecule has 0 aliphatic heterocycles. The van der Waals surface area contributed by atoms with Crippen molar-refractivity contribution in [2.24, 2.45) is 0 Å². The molecule has 0 aliphatic carbocycles. The maximum absolute atomic E-state index is 13.3. The average molecular weight is 332 g/mol. The Morgan fingerprint density at radius 2 is 1.88 bits per heavy atom. The highest BCUT2D eigenvalue weighted by atomic mass is 19.1. The minimum Gasteiger partial charge on any atom is -0.481 e. The molecule has 0 unspecified atom stereocenters. The van der Waals surface area contributed by atoms with Crippen molar-refractivity contribution >= 4 is 11.8 Å². The quantitative estimate of drug-likeness (QED) is 0.791. The van der Waals surface area contributed by atoms with Crippen LogP contribution in [-0.2, 0) is 16.1 Å². The lowest BCUT2D eigenvalue weighted by molar-refractivity contribution is -0.123. The molecule has 24 heavy (non-hydrogen) atoms. The highest BCUT2D eigenvalue weighted by Crippen LogP contribution is 2.14. The summed E-state index contributed by atoms with van der Waals surface area (Å²) in [5, 5.41) is 0. The van der Waals surface area contributed by atoms with Crippen LogP contribution in [0.25, 0.3) is 0 Å². The minimum absolute atomic E-state index is 0.0359. The van der Waals surface area contributed by atoms with Crippen LogP contribution in [0, 0.1) is 5.82 Å². The van der Waals surface area contributed by atoms with E-state index in [4.69, 9.17) is 9.47 Å². The number of hydrazine groups is 1. The fraction of sp³-hybridized carbons (Fsp3) is 0.176. The molecule has 0 atom stereocenters. The largest absolute Gasteiger partial charge is 0.481 e. The third kappa shape index (κ3) is 5.06. The zero-order valence-electron chi connectivity index (χ0n) is 13.0. The van der Waals surface area contributed by atoms with Gasteiger partial charge in [0.25, 0.3) is 11.8 Å². The maximum Gasteiger partial charge on any atom is 0.276 e. The highest BCUT2D eigenvalue weighted by Gasteiger charge is 2.09. The van der Waals surface area contributed by atoms with E-state index in [9.17, 15) is 14.0 Å². The van der Waals surface area contributed by atoms with Gasteiger partial charge in [-0.25, -0.2) is 4.39 Å². The molecule has 0 fully saturated rings. The maximum atomic E-state index is 13.3. The molecule has 0 bridgehead atoms. The van der Waals surface area contributed by atoms with E-state index in [0.717, 1.165) is 5.56 Å². The molecule has 2 aromatic carbocycles. The first-order valence-corrected chi connectivity index (χ1v) is 7.14. The summed E-state index contributed by atoms with van der Waals surface area (Å²) in [6.45, 7) is -0.0467. The number of methoxy groups -OCH3 is 1. The zero-order valence-corrected chi connectivity index (χ0v) is 13.0. The second-order valence-electron chi connectivity index (χ2n) is 4.85. The second-order valence-corrected chi connectivity index (χ2v) is 4.85. The topological polar surface area (TPSA) is 76.7 Å². The Morgan fingerprint density at radius 1 is 1.08 bits per heavy atom. The van der Waals surface area contributed by atoms with Crippen LogP contribution in [0.1, 0.15) is 15.9 Å². The molecule has 7 heteroatoms. The van der Waals surface area contributed by atoms with Crippen LogP contribution in [0.5, 0.6) is 5.75 Å². The van der Waals surface area contributed by atoms with Crippen molar-refractivity contribution in [3.8, 4) is 5.75 Å². The lowest BCUT2D eigenvalue weighted by atomic mass is 10.1. The van der Waals surface area contributed by atoms with Gasteiger partial charge < -0.3 is 9.47 Å². The van der Waals surface area contributed by atoms with E-state index in [1.807, 2.05) is 6.07 Å². The third-order valence-electron chi connectivity index (χ3n) is 3.01. The fourth-order valence-electron chi connectivity index (χ4n) is 1.91. The van der Waals surface area contributed by atoms with Crippen LogP contribution in [0.4, 0.5) is 4.39 Å². The fourth-order valence-corrected chi connectivity index (χ4v) is 1.91. The molecule has 0 saturated carbocycles. The molecular weight excluding hydrogens is 315 g/mol. The van der Waals surface area contributed by atoms with Gasteiger partial charge in [0.1, 0.15) is 0 Å². The minimum atomic E-state index is -0.611. The monoisotopic (exact) mass is 332 g/mol. The molecular formula is C17H17FN2O4. The van der Waals surface area contributed by atoms with E-state index in [1.165, 1.54) is 18.2 Å². The Kier molecular flexibility index (Phi) is 6.27. The van der Waals surface area contributed by atoms with Crippen LogP contribution in [0.15, 0.2) is 48.5 Å². The number of ether oxygens (including phenoxy) is 2. The van der Waals surface area contributed by atoms with Crippen molar-refractivity contribution in [3.63, 3.8) is 0 Å². The van der Waals surface area contributed by atoms with E-state index in [1.54, 1.807) is 31.4 Å². The third-order valence-corrected chi connectivity index (χ3v) is 3.01. The van der Waals surface area contributed by atoms with Gasteiger partial charge in [-0.15, -0.1) is 0 Å². The molecule has 0 spiro atoms. The van der Waals surface area contributed by atoms with Crippen molar-refractivity contribution in [2.75, 3.05) is 13.7 Å². The number of halogens is 1. The highest BCUT2D eigenvalue weighted by molar-refractivity contribution is 5.95. The Hall–Kier alpha value is -2.93. The number of amides is 2. The Balaban J connectivity index is 1.82. The van der Waals surface area contributed by atoms with Crippen LogP contribution in [-0.4, -0.2) is 25.5 Å². The Morgan fingerprint density at radius 3 is 2.62 bits per heavy atom. The van der Waals surface area contributed by atoms with Crippen LogP contribution >= 0.6 is 0 Å². The van der Waals surface area contributed by atoms with Crippen LogP contribution in [0.3, 0.4) is 0 Å². The predicted octanol–water partition coefficient (Wildman–Crippen LogP) is 1.81. The number of hydrogen-bond donors (Lipinski definition) is 2. The summed E-state index contributed by atoms with van der Waals surface area (Å²) in [6.07, 6.45) is 0. The van der Waals surface area contributed by atoms with Crippen molar-refractivity contribution in [1.29, 1.82) is 0 Å². The normalized spacial score (nSPS) is 10.1. The lowest BCUT2D eigenvalue weighted by Crippen LogP contribution is -2.43. The molecule has 0 saturated heterocycles. The molecule has 0 aromatic heterocycles. The van der Waals surface area contributed by atoms with Gasteiger partial charge in [0.05, 0.1) is 6.61 Å². The molecule has 6 nitrogen and oxygen atoms in total.